The average molecular weight is 891 g/mol. The highest BCUT2D eigenvalue weighted by Gasteiger charge is 2.56. The number of alkyl halides is 1. The molecule has 4 atom stereocenters. The Hall–Kier alpha value is -6.85. The topological polar surface area (TPSA) is 52.6 Å². The molecule has 0 N–H and O–H groups in total. The number of benzene rings is 5. The molecule has 2 aliphatic rings. The van der Waals surface area contributed by atoms with Crippen LogP contribution < -0.4 is 4.74 Å². The lowest BCUT2D eigenvalue weighted by Crippen LogP contribution is -2.40. The maximum atomic E-state index is 14.4. The molecule has 0 saturated heterocycles. The van der Waals surface area contributed by atoms with E-state index in [-0.39, 0.29) is 29.3 Å². The maximum absolute atomic E-state index is 14.4. The van der Waals surface area contributed by atoms with Crippen molar-refractivity contribution in [3.05, 3.63) is 251 Å². The van der Waals surface area contributed by atoms with E-state index in [1.165, 1.54) is 30.6 Å². The molecule has 0 aromatic heterocycles. The van der Waals surface area contributed by atoms with Crippen molar-refractivity contribution >= 4 is 11.6 Å². The molecule has 5 aromatic rings. The van der Waals surface area contributed by atoms with Crippen LogP contribution in [-0.2, 0) is 21.4 Å². The summed E-state index contributed by atoms with van der Waals surface area (Å²) in [5.41, 5.74) is 5.88. The van der Waals surface area contributed by atoms with Crippen LogP contribution >= 0.6 is 0 Å². The van der Waals surface area contributed by atoms with E-state index in [9.17, 15) is 14.0 Å². The summed E-state index contributed by atoms with van der Waals surface area (Å²) in [6, 6.07) is 37.8. The van der Waals surface area contributed by atoms with E-state index in [2.05, 4.69) is 102 Å². The molecule has 0 radical (unpaired) electrons. The number of ether oxygens (including phenoxy) is 2. The van der Waals surface area contributed by atoms with Crippen molar-refractivity contribution in [2.75, 3.05) is 0 Å². The molecular weight excluding hydrogens is 828 g/mol. The third-order valence-electron chi connectivity index (χ3n) is 13.5. The number of carbonyl (C=O) groups excluding carboxylic acids is 2. The molecule has 67 heavy (non-hydrogen) atoms. The Bertz CT molecular complexity index is 2750. The van der Waals surface area contributed by atoms with Gasteiger partial charge >= 0.3 is 0 Å². The first-order valence-electron chi connectivity index (χ1n) is 23.4. The van der Waals surface area contributed by atoms with Gasteiger partial charge in [0, 0.05) is 39.5 Å². The van der Waals surface area contributed by atoms with Crippen LogP contribution in [0.2, 0.25) is 0 Å². The predicted molar refractivity (Wildman–Crippen MR) is 273 cm³/mol. The second kappa shape index (κ2) is 19.9. The molecule has 0 spiro atoms. The number of rotatable bonds is 16. The fourth-order valence-electron chi connectivity index (χ4n) is 9.91. The lowest BCUT2D eigenvalue weighted by Gasteiger charge is -2.44. The molecule has 5 aromatic carbocycles. The van der Waals surface area contributed by atoms with Crippen molar-refractivity contribution in [2.45, 2.75) is 84.4 Å². The number of hydrogen-bond acceptors (Lipinski definition) is 4. The van der Waals surface area contributed by atoms with Gasteiger partial charge in [-0.3, -0.25) is 9.59 Å². The van der Waals surface area contributed by atoms with Crippen LogP contribution in [0.3, 0.4) is 0 Å². The molecule has 5 heteroatoms. The van der Waals surface area contributed by atoms with Gasteiger partial charge in [-0.25, -0.2) is 4.39 Å². The van der Waals surface area contributed by atoms with Gasteiger partial charge in [0.25, 0.3) is 0 Å². The summed E-state index contributed by atoms with van der Waals surface area (Å²) in [7, 11) is 0. The Morgan fingerprint density at radius 3 is 1.69 bits per heavy atom. The van der Waals surface area contributed by atoms with E-state index in [0.29, 0.717) is 51.7 Å². The average Bonchev–Trinajstić information content (AvgIpc) is 3.59. The normalized spacial score (nSPS) is 20.9. The van der Waals surface area contributed by atoms with Crippen molar-refractivity contribution < 1.29 is 23.5 Å². The van der Waals surface area contributed by atoms with Gasteiger partial charge in [-0.2, -0.15) is 0 Å². The van der Waals surface area contributed by atoms with Gasteiger partial charge in [0.1, 0.15) is 28.5 Å². The van der Waals surface area contributed by atoms with Crippen LogP contribution in [0, 0.1) is 17.8 Å². The van der Waals surface area contributed by atoms with Crippen molar-refractivity contribution in [1.29, 1.82) is 0 Å². The van der Waals surface area contributed by atoms with Crippen molar-refractivity contribution in [2.24, 2.45) is 17.8 Å². The molecule has 0 aliphatic heterocycles. The van der Waals surface area contributed by atoms with Crippen LogP contribution in [0.1, 0.15) is 122 Å². The molecule has 7 rings (SSSR count). The summed E-state index contributed by atoms with van der Waals surface area (Å²) < 4.78 is 27.6. The Morgan fingerprint density at radius 2 is 1.24 bits per heavy atom. The zero-order chi connectivity index (χ0) is 48.1. The first-order chi connectivity index (χ1) is 32.0. The second-order valence-corrected chi connectivity index (χ2v) is 18.9. The van der Waals surface area contributed by atoms with E-state index in [1.807, 2.05) is 105 Å². The summed E-state index contributed by atoms with van der Waals surface area (Å²) in [5, 5.41) is 0. The van der Waals surface area contributed by atoms with Crippen LogP contribution in [-0.4, -0.2) is 11.6 Å². The van der Waals surface area contributed by atoms with Gasteiger partial charge in [-0.1, -0.05) is 148 Å². The minimum Gasteiger partial charge on any atom is -0.484 e. The zero-order valence-electron chi connectivity index (χ0n) is 40.2. The van der Waals surface area contributed by atoms with E-state index < -0.39 is 16.7 Å². The fraction of sp³-hybridized carbons (Fsp3) is 0.258. The highest BCUT2D eigenvalue weighted by atomic mass is 19.1. The molecule has 0 bridgehead atoms. The van der Waals surface area contributed by atoms with Gasteiger partial charge in [0.15, 0.2) is 11.6 Å². The number of halogens is 1. The number of ketones is 2. The molecule has 0 heterocycles. The smallest absolute Gasteiger partial charge is 0.193 e. The molecular formula is C62H63FO4. The molecule has 2 aliphatic carbocycles. The highest BCUT2D eigenvalue weighted by molar-refractivity contribution is 6.09. The third-order valence-corrected chi connectivity index (χ3v) is 13.5. The zero-order valence-corrected chi connectivity index (χ0v) is 40.2. The van der Waals surface area contributed by atoms with Crippen LogP contribution in [0.5, 0.6) is 11.5 Å². The van der Waals surface area contributed by atoms with E-state index >= 15 is 0 Å². The standard InChI is InChI=1S/C62H63FO4/c1-11-15-56-54(13-3)55(14-4)57(16-12-2)62(56,49-31-37-52(38-32-49)66-51-35-25-46(26-36-51)58(64)43-19-17-42(18-20-43)41(5)6)50-33-39-53(40-34-50)67-61(9,10)48-29-23-45(24-30-48)59(65)44-21-27-47(28-22-44)60(7,8)63/h11-33,35-41,50,55,57H,1,4,34H2,2-3,5-10H3/b16-12-,54-13-,56-15?. The highest BCUT2D eigenvalue weighted by Crippen LogP contribution is 2.61. The Balaban J connectivity index is 1.13. The van der Waals surface area contributed by atoms with Crippen LogP contribution in [0.15, 0.2) is 206 Å². The summed E-state index contributed by atoms with van der Waals surface area (Å²) in [4.78, 5) is 26.6. The molecule has 0 amide bonds. The van der Waals surface area contributed by atoms with Gasteiger partial charge < -0.3 is 9.47 Å². The fourth-order valence-corrected chi connectivity index (χ4v) is 9.91. The molecule has 1 fully saturated rings. The Labute approximate surface area is 397 Å². The lowest BCUT2D eigenvalue weighted by atomic mass is 9.59. The Morgan fingerprint density at radius 1 is 0.731 bits per heavy atom. The van der Waals surface area contributed by atoms with Crippen LogP contribution in [0.4, 0.5) is 4.39 Å². The minimum absolute atomic E-state index is 0.0239. The summed E-state index contributed by atoms with van der Waals surface area (Å²) in [6.45, 7) is 24.1. The Kier molecular flexibility index (Phi) is 14.3. The van der Waals surface area contributed by atoms with Gasteiger partial charge in [-0.15, -0.1) is 6.58 Å². The monoisotopic (exact) mass is 890 g/mol. The van der Waals surface area contributed by atoms with Crippen molar-refractivity contribution in [3.8, 4) is 11.5 Å². The molecule has 4 nitrogen and oxygen atoms in total. The molecule has 4 unspecified atom stereocenters. The largest absolute Gasteiger partial charge is 0.484 e. The number of hydrogen-bond donors (Lipinski definition) is 0. The first-order valence-corrected chi connectivity index (χ1v) is 23.4. The third kappa shape index (κ3) is 9.84. The van der Waals surface area contributed by atoms with Crippen molar-refractivity contribution in [1.82, 2.24) is 0 Å². The van der Waals surface area contributed by atoms with Gasteiger partial charge in [-0.05, 0) is 142 Å². The van der Waals surface area contributed by atoms with E-state index in [1.54, 1.807) is 24.3 Å². The van der Waals surface area contributed by atoms with E-state index in [4.69, 9.17) is 9.47 Å². The summed E-state index contributed by atoms with van der Waals surface area (Å²) >= 11 is 0. The second-order valence-electron chi connectivity index (χ2n) is 18.9. The van der Waals surface area contributed by atoms with Gasteiger partial charge in [0.2, 0.25) is 0 Å². The summed E-state index contributed by atoms with van der Waals surface area (Å²) in [6.07, 6.45) is 20.1. The van der Waals surface area contributed by atoms with Crippen LogP contribution in [0.25, 0.3) is 0 Å². The number of allylic oxidation sites excluding steroid dienone is 11. The first kappa shape index (κ1) is 48.1. The molecule has 1 saturated carbocycles. The predicted octanol–water partition coefficient (Wildman–Crippen LogP) is 16.0. The SMILES string of the molecule is C=CC=C1/C(=C\C)C(C=C)C(/C=C\C)C1(c1ccc(Oc2ccc(C(=O)c3ccc(C(C)C)cc3)cc2)cc1)C1C=CC(OC(C)(C)c2ccc(C(=O)c3ccc(C(C)(C)F)cc3)cc2)=CC1. The maximum Gasteiger partial charge on any atom is 0.193 e. The van der Waals surface area contributed by atoms with Gasteiger partial charge in [0.05, 0.1) is 0 Å². The summed E-state index contributed by atoms with van der Waals surface area (Å²) in [5.74, 6) is 2.49. The van der Waals surface area contributed by atoms with E-state index in [0.717, 1.165) is 16.9 Å². The lowest BCUT2D eigenvalue weighted by molar-refractivity contribution is 0.0372. The minimum atomic E-state index is -1.48. The number of carbonyl (C=O) groups is 2. The van der Waals surface area contributed by atoms with Crippen molar-refractivity contribution in [3.63, 3.8) is 0 Å². The quantitative estimate of drug-likeness (QED) is 0.0731. The molecule has 342 valence electrons.